The maximum Gasteiger partial charge on any atom is 0.407 e. The van der Waals surface area contributed by atoms with E-state index < -0.39 is 18.2 Å². The predicted octanol–water partition coefficient (Wildman–Crippen LogP) is 0.530. The van der Waals surface area contributed by atoms with Gasteiger partial charge in [0.25, 0.3) is 0 Å². The van der Waals surface area contributed by atoms with Crippen LogP contribution in [-0.2, 0) is 66.5 Å². The third-order valence-corrected chi connectivity index (χ3v) is 7.06. The van der Waals surface area contributed by atoms with Gasteiger partial charge in [-0.15, -0.1) is 0 Å². The summed E-state index contributed by atoms with van der Waals surface area (Å²) in [5, 5.41) is 2.45. The molecule has 0 radical (unpaired) electrons. The topological polar surface area (TPSA) is 234 Å². The van der Waals surface area contributed by atoms with Crippen molar-refractivity contribution < 1.29 is 71.3 Å². The Hall–Kier alpha value is -1.85. The van der Waals surface area contributed by atoms with Gasteiger partial charge in [-0.05, 0) is 20.8 Å². The number of thioether (sulfide) groups is 1. The fraction of sp³-hybridized carbons (Fsp3) is 0.882. The van der Waals surface area contributed by atoms with Gasteiger partial charge in [0.2, 0.25) is 0 Å². The number of amides is 1. The lowest BCUT2D eigenvalue weighted by molar-refractivity contribution is -0.121. The predicted molar refractivity (Wildman–Crippen MR) is 203 cm³/mol. The zero-order valence-electron chi connectivity index (χ0n) is 32.4. The quantitative estimate of drug-likeness (QED) is 0.0754. The van der Waals surface area contributed by atoms with E-state index in [9.17, 15) is 19.2 Å². The molecule has 0 unspecified atom stereocenters. The molecule has 0 aromatic heterocycles. The van der Waals surface area contributed by atoms with Crippen LogP contribution in [0.3, 0.4) is 0 Å². The zero-order chi connectivity index (χ0) is 39.7. The Labute approximate surface area is 321 Å². The molecule has 0 bridgehead atoms. The lowest BCUT2D eigenvalue weighted by atomic mass is 10.2. The number of methoxy groups -OCH3 is 4. The average molecular weight is 794 g/mol. The summed E-state index contributed by atoms with van der Waals surface area (Å²) in [4.78, 5) is 44.5. The van der Waals surface area contributed by atoms with E-state index >= 15 is 0 Å². The highest BCUT2D eigenvalue weighted by molar-refractivity contribution is 7.99. The van der Waals surface area contributed by atoms with Crippen LogP contribution in [0.1, 0.15) is 28.2 Å². The van der Waals surface area contributed by atoms with E-state index in [4.69, 9.17) is 63.6 Å². The molecule has 1 amide bonds. The van der Waals surface area contributed by atoms with Crippen LogP contribution in [0, 0.1) is 0 Å². The molecule has 0 rings (SSSR count). The highest BCUT2D eigenvalue weighted by Crippen LogP contribution is 2.02. The number of hydrogen-bond donors (Lipinski definition) is 3. The van der Waals surface area contributed by atoms with Crippen LogP contribution in [0.5, 0.6) is 0 Å². The van der Waals surface area contributed by atoms with Crippen molar-refractivity contribution in [2.75, 3.05) is 152 Å². The van der Waals surface area contributed by atoms with Crippen molar-refractivity contribution in [1.82, 2.24) is 5.32 Å². The van der Waals surface area contributed by atoms with Crippen molar-refractivity contribution in [2.24, 2.45) is 11.5 Å². The van der Waals surface area contributed by atoms with E-state index in [1.54, 1.807) is 40.2 Å². The van der Waals surface area contributed by atoms with Crippen molar-refractivity contribution >= 4 is 35.2 Å². The molecule has 0 aliphatic heterocycles. The molecule has 0 spiro atoms. The summed E-state index contributed by atoms with van der Waals surface area (Å²) < 4.78 is 55.4. The third-order valence-electron chi connectivity index (χ3n) is 6.01. The van der Waals surface area contributed by atoms with Crippen LogP contribution in [0.4, 0.5) is 4.79 Å². The van der Waals surface area contributed by atoms with Crippen LogP contribution in [0.25, 0.3) is 0 Å². The lowest BCUT2D eigenvalue weighted by Gasteiger charge is -2.16. The first kappa shape index (κ1) is 57.9. The number of carbonyl (C=O) groups is 4. The second kappa shape index (κ2) is 46.3. The van der Waals surface area contributed by atoms with Gasteiger partial charge < -0.3 is 68.9 Å². The fourth-order valence-corrected chi connectivity index (χ4v) is 3.72. The molecule has 0 aromatic rings. The highest BCUT2D eigenvalue weighted by atomic mass is 32.2. The van der Waals surface area contributed by atoms with Gasteiger partial charge in [-0.2, -0.15) is 11.8 Å². The molecule has 0 aromatic carbocycles. The normalized spacial score (nSPS) is 12.2. The van der Waals surface area contributed by atoms with E-state index in [1.165, 1.54) is 20.8 Å². The second-order valence-electron chi connectivity index (χ2n) is 10.5. The summed E-state index contributed by atoms with van der Waals surface area (Å²) in [6, 6.07) is -1.61. The number of nitrogens with two attached hydrogens (primary N) is 2. The minimum absolute atomic E-state index is 0. The number of Topliss-reactive ketones (excluding diaryl/α,β-unsaturated/α-hetero) is 3. The molecule has 0 aliphatic rings. The number of carbonyl (C=O) groups excluding carboxylic acids is 4. The Balaban J connectivity index is -0.000000358. The Morgan fingerprint density at radius 3 is 1.30 bits per heavy atom. The fourth-order valence-electron chi connectivity index (χ4n) is 2.83. The lowest BCUT2D eigenvalue weighted by Crippen LogP contribution is -2.43. The molecule has 0 fully saturated rings. The zero-order valence-corrected chi connectivity index (χ0v) is 33.2. The molecule has 3 atom stereocenters. The van der Waals surface area contributed by atoms with E-state index in [-0.39, 0.29) is 57.2 Å². The maximum absolute atomic E-state index is 11.6. The summed E-state index contributed by atoms with van der Waals surface area (Å²) in [6.45, 7) is 11.6. The van der Waals surface area contributed by atoms with E-state index in [0.29, 0.717) is 91.6 Å². The Morgan fingerprint density at radius 1 is 0.509 bits per heavy atom. The highest BCUT2D eigenvalue weighted by Gasteiger charge is 2.18. The van der Waals surface area contributed by atoms with Crippen molar-refractivity contribution in [1.29, 1.82) is 0 Å². The molecular weight excluding hydrogens is 722 g/mol. The van der Waals surface area contributed by atoms with Gasteiger partial charge in [-0.25, -0.2) is 4.79 Å². The second-order valence-corrected chi connectivity index (χ2v) is 11.7. The van der Waals surface area contributed by atoms with Gasteiger partial charge in [-0.1, -0.05) is 7.43 Å². The van der Waals surface area contributed by atoms with Gasteiger partial charge >= 0.3 is 6.09 Å². The Bertz CT molecular complexity index is 800. The van der Waals surface area contributed by atoms with E-state index in [1.807, 2.05) is 0 Å². The van der Waals surface area contributed by atoms with E-state index in [2.05, 4.69) is 5.32 Å². The first-order chi connectivity index (χ1) is 25.0. The maximum atomic E-state index is 11.6. The van der Waals surface area contributed by atoms with Crippen LogP contribution in [0.2, 0.25) is 0 Å². The van der Waals surface area contributed by atoms with Crippen LogP contribution < -0.4 is 16.8 Å². The molecule has 5 N–H and O–H groups in total. The summed E-state index contributed by atoms with van der Waals surface area (Å²) in [5.74, 6) is 1.29. The van der Waals surface area contributed by atoms with Crippen molar-refractivity contribution in [3.05, 3.63) is 0 Å². The molecule has 0 saturated carbocycles. The minimum atomic E-state index is -0.758. The largest absolute Gasteiger partial charge is 0.447 e. The molecule has 18 nitrogen and oxygen atoms in total. The minimum Gasteiger partial charge on any atom is -0.447 e. The van der Waals surface area contributed by atoms with Gasteiger partial charge in [-0.3, -0.25) is 14.4 Å². The number of ether oxygens (including phenoxy) is 11. The molecular formula is C34H71N3O15S. The van der Waals surface area contributed by atoms with Crippen LogP contribution >= 0.6 is 11.8 Å². The van der Waals surface area contributed by atoms with Crippen molar-refractivity contribution in [2.45, 2.75) is 46.3 Å². The smallest absolute Gasteiger partial charge is 0.407 e. The summed E-state index contributed by atoms with van der Waals surface area (Å²) in [7, 11) is 6.42. The first-order valence-corrected chi connectivity index (χ1v) is 18.1. The molecule has 53 heavy (non-hydrogen) atoms. The monoisotopic (exact) mass is 793 g/mol. The van der Waals surface area contributed by atoms with Gasteiger partial charge in [0.05, 0.1) is 118 Å². The van der Waals surface area contributed by atoms with Crippen LogP contribution in [0.15, 0.2) is 0 Å². The van der Waals surface area contributed by atoms with Gasteiger partial charge in [0.15, 0.2) is 5.78 Å². The molecule has 19 heteroatoms. The summed E-state index contributed by atoms with van der Waals surface area (Å²) >= 11 is 1.64. The summed E-state index contributed by atoms with van der Waals surface area (Å²) in [6.07, 6.45) is -0.689. The standard InChI is InChI=1S/C15H29NO8.C9H19NO4.C9H19NO3S.CH4/c1-13(17)14(12-23-9-8-21-6-4-19-2)16-15(18)24-11-10-22-7-5-20-3;2*1-8(11)9(10)7-14-6-5-13-4-3-12-2;/h14H,4-12H2,1-3H3,(H,16,18);2*9H,3-7,10H2,1-2H3;1H4/t14-;2*9-;/m000./s1. The van der Waals surface area contributed by atoms with Gasteiger partial charge in [0, 0.05) is 39.9 Å². The first-order valence-electron chi connectivity index (χ1n) is 16.9. The van der Waals surface area contributed by atoms with Crippen LogP contribution in [-0.4, -0.2) is 194 Å². The SMILES string of the molecule is C.COCCOCCOC[C@H](N)C(C)=O.COCCOCCOC[C@H](NC(=O)OCCOCCOC)C(C)=O.COCCOCCSC[C@H](N)C(C)=O. The van der Waals surface area contributed by atoms with Gasteiger partial charge in [0.1, 0.15) is 24.2 Å². The number of ketones is 3. The molecule has 318 valence electrons. The number of nitrogens with one attached hydrogen (secondary N) is 1. The molecule has 0 aliphatic carbocycles. The van der Waals surface area contributed by atoms with E-state index in [0.717, 1.165) is 5.75 Å². The summed E-state index contributed by atoms with van der Waals surface area (Å²) in [5.41, 5.74) is 11.0. The number of hydrogen-bond acceptors (Lipinski definition) is 18. The van der Waals surface area contributed by atoms with Crippen molar-refractivity contribution in [3.8, 4) is 0 Å². The average Bonchev–Trinajstić information content (AvgIpc) is 3.11. The Kier molecular flexibility index (Phi) is 50.6. The Morgan fingerprint density at radius 2 is 0.887 bits per heavy atom. The number of alkyl carbamates (subject to hydrolysis) is 1. The molecule has 0 saturated heterocycles. The third kappa shape index (κ3) is 48.1. The molecule has 0 heterocycles. The number of rotatable bonds is 34. The van der Waals surface area contributed by atoms with Crippen molar-refractivity contribution in [3.63, 3.8) is 0 Å².